The van der Waals surface area contributed by atoms with Gasteiger partial charge in [0.15, 0.2) is 0 Å². The average Bonchev–Trinajstić information content (AvgIpc) is 3.05. The molecule has 114 valence electrons. The van der Waals surface area contributed by atoms with E-state index < -0.39 is 0 Å². The predicted molar refractivity (Wildman–Crippen MR) is 90.0 cm³/mol. The van der Waals surface area contributed by atoms with Crippen LogP contribution >= 0.6 is 35.0 Å². The Morgan fingerprint density at radius 3 is 2.76 bits per heavy atom. The summed E-state index contributed by atoms with van der Waals surface area (Å²) in [4.78, 5) is 12.0. The zero-order valence-electron chi connectivity index (χ0n) is 11.8. The molecule has 3 atom stereocenters. The maximum Gasteiger partial charge on any atom is 0.230 e. The molecular weight excluding hydrogens is 325 g/mol. The highest BCUT2D eigenvalue weighted by atomic mass is 35.5. The molecule has 2 aliphatic carbocycles. The molecule has 21 heavy (non-hydrogen) atoms. The topological polar surface area (TPSA) is 29.1 Å². The molecule has 2 fully saturated rings. The Morgan fingerprint density at radius 2 is 2.10 bits per heavy atom. The number of halogens is 2. The van der Waals surface area contributed by atoms with Crippen molar-refractivity contribution in [1.29, 1.82) is 0 Å². The van der Waals surface area contributed by atoms with Crippen LogP contribution in [0.3, 0.4) is 0 Å². The first-order valence-electron chi connectivity index (χ1n) is 7.43. The van der Waals surface area contributed by atoms with Crippen LogP contribution in [0.2, 0.25) is 10.0 Å². The summed E-state index contributed by atoms with van der Waals surface area (Å²) >= 11 is 13.5. The van der Waals surface area contributed by atoms with Gasteiger partial charge in [0.1, 0.15) is 0 Å². The lowest BCUT2D eigenvalue weighted by atomic mass is 9.95. The van der Waals surface area contributed by atoms with Crippen molar-refractivity contribution in [1.82, 2.24) is 5.32 Å². The van der Waals surface area contributed by atoms with Gasteiger partial charge in [-0.05, 0) is 48.8 Å². The van der Waals surface area contributed by atoms with Crippen LogP contribution in [-0.2, 0) is 10.5 Å². The van der Waals surface area contributed by atoms with Crippen molar-refractivity contribution in [3.05, 3.63) is 33.8 Å². The van der Waals surface area contributed by atoms with Gasteiger partial charge in [-0.25, -0.2) is 0 Å². The van der Waals surface area contributed by atoms with Gasteiger partial charge < -0.3 is 5.32 Å². The molecule has 2 saturated carbocycles. The number of rotatable bonds is 5. The van der Waals surface area contributed by atoms with Gasteiger partial charge in [-0.2, -0.15) is 0 Å². The van der Waals surface area contributed by atoms with Gasteiger partial charge in [0.05, 0.1) is 15.8 Å². The summed E-state index contributed by atoms with van der Waals surface area (Å²) < 4.78 is 0. The molecule has 0 aromatic heterocycles. The second-order valence-corrected chi connectivity index (χ2v) is 7.89. The van der Waals surface area contributed by atoms with Crippen LogP contribution in [0.4, 0.5) is 0 Å². The van der Waals surface area contributed by atoms with E-state index in [0.717, 1.165) is 23.2 Å². The number of amides is 1. The molecule has 0 heterocycles. The number of thioether (sulfide) groups is 1. The third-order valence-electron chi connectivity index (χ3n) is 4.57. The Bertz CT molecular complexity index is 537. The summed E-state index contributed by atoms with van der Waals surface area (Å²) in [6, 6.07) is 6.05. The number of hydrogen-bond donors (Lipinski definition) is 1. The van der Waals surface area contributed by atoms with Crippen LogP contribution in [-0.4, -0.2) is 17.7 Å². The lowest BCUT2D eigenvalue weighted by Crippen LogP contribution is -2.39. The summed E-state index contributed by atoms with van der Waals surface area (Å²) in [7, 11) is 0. The molecule has 0 radical (unpaired) electrons. The number of nitrogens with one attached hydrogen (secondary N) is 1. The third-order valence-corrected chi connectivity index (χ3v) is 6.31. The minimum atomic E-state index is 0.164. The molecule has 5 heteroatoms. The van der Waals surface area contributed by atoms with Gasteiger partial charge in [0.25, 0.3) is 0 Å². The normalized spacial score (nSPS) is 27.0. The number of carbonyl (C=O) groups excluding carboxylic acids is 1. The maximum absolute atomic E-state index is 12.0. The highest BCUT2D eigenvalue weighted by Crippen LogP contribution is 2.44. The number of carbonyl (C=O) groups is 1. The first-order valence-corrected chi connectivity index (χ1v) is 9.34. The first-order chi connectivity index (χ1) is 10.1. The summed E-state index contributed by atoms with van der Waals surface area (Å²) in [5.41, 5.74) is 1.10. The van der Waals surface area contributed by atoms with Crippen LogP contribution in [0.5, 0.6) is 0 Å². The van der Waals surface area contributed by atoms with Gasteiger partial charge in [-0.3, -0.25) is 4.79 Å². The molecule has 1 N–H and O–H groups in total. The molecule has 1 amide bonds. The lowest BCUT2D eigenvalue weighted by molar-refractivity contribution is -0.119. The minimum absolute atomic E-state index is 0.164. The van der Waals surface area contributed by atoms with E-state index in [1.165, 1.54) is 25.7 Å². The van der Waals surface area contributed by atoms with Crippen molar-refractivity contribution in [2.75, 3.05) is 5.75 Å². The molecule has 3 rings (SSSR count). The average molecular weight is 344 g/mol. The van der Waals surface area contributed by atoms with E-state index in [0.29, 0.717) is 21.8 Å². The first kappa shape index (κ1) is 15.5. The summed E-state index contributed by atoms with van der Waals surface area (Å²) in [6.45, 7) is 0. The van der Waals surface area contributed by atoms with Gasteiger partial charge in [-0.1, -0.05) is 35.7 Å². The molecule has 1 aromatic carbocycles. The summed E-state index contributed by atoms with van der Waals surface area (Å²) in [5, 5.41) is 4.35. The van der Waals surface area contributed by atoms with Crippen molar-refractivity contribution in [2.45, 2.75) is 37.5 Å². The smallest absolute Gasteiger partial charge is 0.230 e. The molecule has 2 aliphatic rings. The van der Waals surface area contributed by atoms with E-state index >= 15 is 0 Å². The Balaban J connectivity index is 1.40. The quantitative estimate of drug-likeness (QED) is 0.850. The van der Waals surface area contributed by atoms with E-state index in [4.69, 9.17) is 23.2 Å². The van der Waals surface area contributed by atoms with Gasteiger partial charge >= 0.3 is 0 Å². The molecule has 1 aromatic rings. The van der Waals surface area contributed by atoms with E-state index in [1.54, 1.807) is 17.8 Å². The standard InChI is InChI=1S/C16H19Cl2NOS/c17-13-4-2-11(6-14(13)18)8-21-9-16(20)19-15-7-10-1-3-12(15)5-10/h2,4,6,10,12,15H,1,3,5,7-9H2,(H,19,20)/t10-,12-,15+/m0/s1. The Hall–Kier alpha value is -0.380. The molecule has 0 unspecified atom stereocenters. The van der Waals surface area contributed by atoms with E-state index in [2.05, 4.69) is 5.32 Å². The van der Waals surface area contributed by atoms with Crippen molar-refractivity contribution < 1.29 is 4.79 Å². The molecule has 0 aliphatic heterocycles. The highest BCUT2D eigenvalue weighted by Gasteiger charge is 2.39. The Kier molecular flexibility index (Phi) is 5.03. The van der Waals surface area contributed by atoms with Crippen molar-refractivity contribution >= 4 is 40.9 Å². The SMILES string of the molecule is O=C(CSCc1ccc(Cl)c(Cl)c1)N[C@@H]1C[C@H]2CC[C@H]1C2. The van der Waals surface area contributed by atoms with Crippen molar-refractivity contribution in [3.63, 3.8) is 0 Å². The van der Waals surface area contributed by atoms with Crippen LogP contribution in [0.25, 0.3) is 0 Å². The second kappa shape index (κ2) is 6.80. The third kappa shape index (κ3) is 3.88. The van der Waals surface area contributed by atoms with E-state index in [9.17, 15) is 4.79 Å². The van der Waals surface area contributed by atoms with Crippen molar-refractivity contribution in [2.24, 2.45) is 11.8 Å². The van der Waals surface area contributed by atoms with E-state index in [1.807, 2.05) is 12.1 Å². The van der Waals surface area contributed by atoms with Gasteiger partial charge in [0, 0.05) is 11.8 Å². The monoisotopic (exact) mass is 343 g/mol. The fourth-order valence-electron chi connectivity index (χ4n) is 3.56. The maximum atomic E-state index is 12.0. The number of fused-ring (bicyclic) bond motifs is 2. The summed E-state index contributed by atoms with van der Waals surface area (Å²) in [5.74, 6) is 3.05. The number of hydrogen-bond acceptors (Lipinski definition) is 2. The minimum Gasteiger partial charge on any atom is -0.352 e. The zero-order chi connectivity index (χ0) is 14.8. The molecule has 2 bridgehead atoms. The summed E-state index contributed by atoms with van der Waals surface area (Å²) in [6.07, 6.45) is 5.17. The lowest BCUT2D eigenvalue weighted by Gasteiger charge is -2.22. The molecule has 0 spiro atoms. The Labute approximate surface area is 140 Å². The van der Waals surface area contributed by atoms with Gasteiger partial charge in [0.2, 0.25) is 5.91 Å². The largest absolute Gasteiger partial charge is 0.352 e. The molecule has 0 saturated heterocycles. The van der Waals surface area contributed by atoms with Crippen LogP contribution in [0.1, 0.15) is 31.2 Å². The van der Waals surface area contributed by atoms with Crippen molar-refractivity contribution in [3.8, 4) is 0 Å². The Morgan fingerprint density at radius 1 is 1.24 bits per heavy atom. The van der Waals surface area contributed by atoms with E-state index in [-0.39, 0.29) is 5.91 Å². The fourth-order valence-corrected chi connectivity index (χ4v) is 4.67. The van der Waals surface area contributed by atoms with Crippen LogP contribution in [0, 0.1) is 11.8 Å². The van der Waals surface area contributed by atoms with Gasteiger partial charge in [-0.15, -0.1) is 11.8 Å². The number of benzene rings is 1. The molecular formula is C16H19Cl2NOS. The van der Waals surface area contributed by atoms with Crippen LogP contribution in [0.15, 0.2) is 18.2 Å². The second-order valence-electron chi connectivity index (χ2n) is 6.09. The van der Waals surface area contributed by atoms with Crippen LogP contribution < -0.4 is 5.32 Å². The predicted octanol–water partition coefficient (Wildman–Crippen LogP) is 4.53. The zero-order valence-corrected chi connectivity index (χ0v) is 14.1. The fraction of sp³-hybridized carbons (Fsp3) is 0.562. The molecule has 2 nitrogen and oxygen atoms in total. The highest BCUT2D eigenvalue weighted by molar-refractivity contribution is 7.99.